The zero-order valence-corrected chi connectivity index (χ0v) is 18.1. The first-order chi connectivity index (χ1) is 13.1. The monoisotopic (exact) mass is 440 g/mol. The number of methoxy groups -OCH3 is 1. The van der Waals surface area contributed by atoms with Crippen LogP contribution in [0.4, 0.5) is 0 Å². The maximum Gasteiger partial charge on any atom is 0.257 e. The third kappa shape index (κ3) is 3.63. The van der Waals surface area contributed by atoms with Crippen molar-refractivity contribution in [3.63, 3.8) is 0 Å². The van der Waals surface area contributed by atoms with Gasteiger partial charge in [0.05, 0.1) is 20.1 Å². The average molecular weight is 441 g/mol. The summed E-state index contributed by atoms with van der Waals surface area (Å²) in [6.07, 6.45) is 4.27. The van der Waals surface area contributed by atoms with Crippen LogP contribution in [0.2, 0.25) is 0 Å². The maximum atomic E-state index is 13.1. The molecule has 3 aromatic rings. The molecule has 4 nitrogen and oxygen atoms in total. The number of ketones is 1. The Balaban J connectivity index is 0.00000225. The number of carbonyl (C=O) groups is 1. The Morgan fingerprint density at radius 3 is 2.43 bits per heavy atom. The summed E-state index contributed by atoms with van der Waals surface area (Å²) in [7, 11) is 1.63. The number of nitrogens with zero attached hydrogens (tertiary/aromatic N) is 2. The molecule has 1 aliphatic heterocycles. The lowest BCUT2D eigenvalue weighted by molar-refractivity contribution is -0.710. The molecule has 2 aromatic carbocycles. The number of hydrogen-bond donors (Lipinski definition) is 0. The molecule has 0 N–H and O–H groups in total. The van der Waals surface area contributed by atoms with Crippen LogP contribution in [0.1, 0.15) is 41.1 Å². The van der Waals surface area contributed by atoms with E-state index in [9.17, 15) is 4.79 Å². The number of aryl methyl sites for hydroxylation is 1. The lowest BCUT2D eigenvalue weighted by Gasteiger charge is -2.09. The van der Waals surface area contributed by atoms with Gasteiger partial charge in [0.15, 0.2) is 11.7 Å². The fourth-order valence-corrected chi connectivity index (χ4v) is 3.88. The number of rotatable bonds is 5. The molecule has 2 heterocycles. The SMILES string of the molecule is COc1ccc(C(=O)C(C)[n+]2cc(-c3ccc(C)cc3)n3c2CCC3)cc1.[Br-]. The van der Waals surface area contributed by atoms with Crippen molar-refractivity contribution in [1.29, 1.82) is 0 Å². The zero-order chi connectivity index (χ0) is 19.0. The topological polar surface area (TPSA) is 35.1 Å². The van der Waals surface area contributed by atoms with Crippen molar-refractivity contribution in [1.82, 2.24) is 4.57 Å². The predicted octanol–water partition coefficient (Wildman–Crippen LogP) is 1.15. The second-order valence-corrected chi connectivity index (χ2v) is 7.23. The van der Waals surface area contributed by atoms with Gasteiger partial charge in [0.25, 0.3) is 5.82 Å². The van der Waals surface area contributed by atoms with E-state index in [4.69, 9.17) is 4.74 Å². The number of ether oxygens (including phenoxy) is 1. The summed E-state index contributed by atoms with van der Waals surface area (Å²) in [6.45, 7) is 5.10. The summed E-state index contributed by atoms with van der Waals surface area (Å²) in [5.74, 6) is 2.12. The molecule has 0 saturated carbocycles. The Bertz CT molecular complexity index is 975. The van der Waals surface area contributed by atoms with Crippen LogP contribution in [0.25, 0.3) is 11.3 Å². The molecule has 1 unspecified atom stereocenters. The minimum Gasteiger partial charge on any atom is -1.00 e. The van der Waals surface area contributed by atoms with Gasteiger partial charge < -0.3 is 21.7 Å². The van der Waals surface area contributed by atoms with E-state index in [-0.39, 0.29) is 28.8 Å². The number of halogens is 1. The van der Waals surface area contributed by atoms with Crippen LogP contribution in [0.3, 0.4) is 0 Å². The van der Waals surface area contributed by atoms with Crippen LogP contribution in [-0.2, 0) is 13.0 Å². The first-order valence-electron chi connectivity index (χ1n) is 9.47. The molecule has 0 aliphatic carbocycles. The van der Waals surface area contributed by atoms with Gasteiger partial charge >= 0.3 is 0 Å². The lowest BCUT2D eigenvalue weighted by atomic mass is 10.0. The van der Waals surface area contributed by atoms with Crippen molar-refractivity contribution in [2.75, 3.05) is 7.11 Å². The Labute approximate surface area is 176 Å². The number of hydrogen-bond acceptors (Lipinski definition) is 2. The molecule has 146 valence electrons. The quantitative estimate of drug-likeness (QED) is 0.440. The van der Waals surface area contributed by atoms with Crippen LogP contribution in [0.15, 0.2) is 54.7 Å². The molecule has 5 heteroatoms. The molecule has 1 aromatic heterocycles. The van der Waals surface area contributed by atoms with Crippen molar-refractivity contribution in [2.45, 2.75) is 39.3 Å². The van der Waals surface area contributed by atoms with Crippen molar-refractivity contribution in [3.8, 4) is 17.0 Å². The van der Waals surface area contributed by atoms with E-state index in [1.54, 1.807) is 7.11 Å². The highest BCUT2D eigenvalue weighted by Gasteiger charge is 2.33. The van der Waals surface area contributed by atoms with Crippen LogP contribution in [0.5, 0.6) is 5.75 Å². The molecule has 0 fully saturated rings. The molecular formula is C23H25BrN2O2. The van der Waals surface area contributed by atoms with Gasteiger partial charge in [-0.05, 0) is 44.5 Å². The van der Waals surface area contributed by atoms with Crippen molar-refractivity contribution >= 4 is 5.78 Å². The van der Waals surface area contributed by atoms with E-state index in [1.807, 2.05) is 31.2 Å². The molecule has 1 aliphatic rings. The molecule has 4 rings (SSSR count). The van der Waals surface area contributed by atoms with Gasteiger partial charge in [0, 0.05) is 11.1 Å². The molecule has 0 radical (unpaired) electrons. The van der Waals surface area contributed by atoms with Crippen LogP contribution < -0.4 is 26.3 Å². The summed E-state index contributed by atoms with van der Waals surface area (Å²) >= 11 is 0. The average Bonchev–Trinajstić information content (AvgIpc) is 3.30. The molecule has 0 amide bonds. The van der Waals surface area contributed by atoms with Crippen LogP contribution in [0, 0.1) is 6.92 Å². The first-order valence-corrected chi connectivity index (χ1v) is 9.47. The minimum absolute atomic E-state index is 0. The Morgan fingerprint density at radius 2 is 1.79 bits per heavy atom. The summed E-state index contributed by atoms with van der Waals surface area (Å²) in [5.41, 5.74) is 4.36. The molecular weight excluding hydrogens is 416 g/mol. The Morgan fingerprint density at radius 1 is 1.11 bits per heavy atom. The van der Waals surface area contributed by atoms with Gasteiger partial charge in [-0.25, -0.2) is 9.13 Å². The smallest absolute Gasteiger partial charge is 0.257 e. The van der Waals surface area contributed by atoms with Gasteiger partial charge in [-0.15, -0.1) is 0 Å². The third-order valence-electron chi connectivity index (χ3n) is 5.46. The van der Waals surface area contributed by atoms with E-state index < -0.39 is 0 Å². The number of aromatic nitrogens is 2. The molecule has 0 saturated heterocycles. The van der Waals surface area contributed by atoms with Gasteiger partial charge in [0.1, 0.15) is 11.9 Å². The number of carbonyl (C=O) groups excluding carboxylic acids is 1. The van der Waals surface area contributed by atoms with Crippen LogP contribution >= 0.6 is 0 Å². The van der Waals surface area contributed by atoms with E-state index in [0.717, 1.165) is 25.1 Å². The summed E-state index contributed by atoms with van der Waals surface area (Å²) < 4.78 is 9.72. The Kier molecular flexibility index (Phi) is 6.04. The van der Waals surface area contributed by atoms with Gasteiger partial charge in [0.2, 0.25) is 5.78 Å². The van der Waals surface area contributed by atoms with E-state index in [1.165, 1.54) is 22.6 Å². The van der Waals surface area contributed by atoms with E-state index in [0.29, 0.717) is 5.56 Å². The zero-order valence-electron chi connectivity index (χ0n) is 16.5. The molecule has 0 bridgehead atoms. The maximum absolute atomic E-state index is 13.1. The molecule has 1 atom stereocenters. The van der Waals surface area contributed by atoms with Crippen molar-refractivity contribution in [2.24, 2.45) is 0 Å². The standard InChI is InChI=1S/C23H25N2O2.BrH/c1-16-6-8-18(9-7-16)21-15-25(22-5-4-14-24(21)22)17(2)23(26)19-10-12-20(27-3)13-11-19;/h6-13,15,17H,4-5,14H2,1-3H3;1H/q+1;/p-1. The predicted molar refractivity (Wildman–Crippen MR) is 105 cm³/mol. The number of Topliss-reactive ketones (excluding diaryl/α,β-unsaturated/α-hetero) is 1. The summed E-state index contributed by atoms with van der Waals surface area (Å²) in [4.78, 5) is 13.1. The highest BCUT2D eigenvalue weighted by Crippen LogP contribution is 2.26. The fraction of sp³-hybridized carbons (Fsp3) is 0.304. The number of imidazole rings is 1. The number of benzene rings is 2. The lowest BCUT2D eigenvalue weighted by Crippen LogP contribution is -3.00. The van der Waals surface area contributed by atoms with E-state index in [2.05, 4.69) is 46.5 Å². The largest absolute Gasteiger partial charge is 1.00 e. The van der Waals surface area contributed by atoms with Crippen LogP contribution in [-0.4, -0.2) is 17.5 Å². The fourth-order valence-electron chi connectivity index (χ4n) is 3.88. The third-order valence-corrected chi connectivity index (χ3v) is 5.46. The highest BCUT2D eigenvalue weighted by molar-refractivity contribution is 5.97. The van der Waals surface area contributed by atoms with Crippen molar-refractivity contribution in [3.05, 3.63) is 71.7 Å². The molecule has 28 heavy (non-hydrogen) atoms. The minimum atomic E-state index is -0.239. The van der Waals surface area contributed by atoms with Gasteiger partial charge in [-0.1, -0.05) is 29.8 Å². The number of fused-ring (bicyclic) bond motifs is 1. The second kappa shape index (κ2) is 8.31. The highest BCUT2D eigenvalue weighted by atomic mass is 79.9. The first kappa shape index (κ1) is 20.3. The second-order valence-electron chi connectivity index (χ2n) is 7.23. The van der Waals surface area contributed by atoms with E-state index >= 15 is 0 Å². The Hall–Kier alpha value is -2.40. The van der Waals surface area contributed by atoms with Crippen molar-refractivity contribution < 1.29 is 31.1 Å². The van der Waals surface area contributed by atoms with Gasteiger partial charge in [-0.3, -0.25) is 4.79 Å². The molecule has 0 spiro atoms. The van der Waals surface area contributed by atoms with Gasteiger partial charge in [-0.2, -0.15) is 0 Å². The summed E-state index contributed by atoms with van der Waals surface area (Å²) in [6, 6.07) is 15.7. The normalized spacial score (nSPS) is 13.5. The summed E-state index contributed by atoms with van der Waals surface area (Å²) in [5, 5.41) is 0.